The number of oxime groups is 1. The lowest BCUT2D eigenvalue weighted by atomic mass is 10.0. The van der Waals surface area contributed by atoms with E-state index < -0.39 is 0 Å². The molecule has 4 rings (SSSR count). The van der Waals surface area contributed by atoms with Crippen LogP contribution in [0.5, 0.6) is 0 Å². The van der Waals surface area contributed by atoms with Crippen molar-refractivity contribution in [1.29, 1.82) is 5.41 Å². The largest absolute Gasteiger partial charge is 0.390 e. The van der Waals surface area contributed by atoms with Gasteiger partial charge in [-0.2, -0.15) is 0 Å². The average Bonchev–Trinajstić information content (AvgIpc) is 3.41. The van der Waals surface area contributed by atoms with E-state index >= 15 is 0 Å². The highest BCUT2D eigenvalue weighted by Crippen LogP contribution is 2.22. The van der Waals surface area contributed by atoms with Gasteiger partial charge in [0.1, 0.15) is 11.9 Å². The monoisotopic (exact) mass is 430 g/mol. The molecule has 0 aliphatic carbocycles. The predicted molar refractivity (Wildman–Crippen MR) is 116 cm³/mol. The van der Waals surface area contributed by atoms with E-state index in [9.17, 15) is 4.79 Å². The Morgan fingerprint density at radius 3 is 2.66 bits per heavy atom. The molecule has 1 saturated heterocycles. The molecule has 29 heavy (non-hydrogen) atoms. The molecule has 2 aliphatic rings. The lowest BCUT2D eigenvalue weighted by Crippen LogP contribution is -2.35. The Kier molecular flexibility index (Phi) is 6.16. The molecule has 6 nitrogen and oxygen atoms in total. The van der Waals surface area contributed by atoms with E-state index in [1.165, 1.54) is 17.8 Å². The van der Waals surface area contributed by atoms with Crippen LogP contribution >= 0.6 is 22.9 Å². The molecular weight excluding hydrogens is 408 g/mol. The summed E-state index contributed by atoms with van der Waals surface area (Å²) >= 11 is 7.13. The fraction of sp³-hybridized carbons (Fsp3) is 0.381. The zero-order valence-corrected chi connectivity index (χ0v) is 17.6. The molecule has 1 atom stereocenters. The molecule has 2 aliphatic heterocycles. The minimum atomic E-state index is -0.185. The highest BCUT2D eigenvalue weighted by atomic mass is 35.5. The van der Waals surface area contributed by atoms with Crippen LogP contribution in [0.15, 0.2) is 41.6 Å². The van der Waals surface area contributed by atoms with E-state index in [4.69, 9.17) is 21.8 Å². The summed E-state index contributed by atoms with van der Waals surface area (Å²) in [4.78, 5) is 20.3. The summed E-state index contributed by atoms with van der Waals surface area (Å²) in [6, 6.07) is 11.4. The van der Waals surface area contributed by atoms with Crippen molar-refractivity contribution in [3.05, 3.63) is 56.7 Å². The predicted octanol–water partition coefficient (Wildman–Crippen LogP) is 4.14. The fourth-order valence-electron chi connectivity index (χ4n) is 3.56. The lowest BCUT2D eigenvalue weighted by Gasteiger charge is -2.29. The number of carbonyl (C=O) groups excluding carboxylic acids is 1. The lowest BCUT2D eigenvalue weighted by molar-refractivity contribution is 0.0755. The van der Waals surface area contributed by atoms with Gasteiger partial charge in [-0.3, -0.25) is 10.2 Å². The second-order valence-corrected chi connectivity index (χ2v) is 8.97. The van der Waals surface area contributed by atoms with Crippen LogP contribution in [0.25, 0.3) is 0 Å². The quantitative estimate of drug-likeness (QED) is 0.552. The normalized spacial score (nSPS) is 18.9. The Morgan fingerprint density at radius 2 is 1.97 bits per heavy atom. The Balaban J connectivity index is 1.29. The number of benzene rings is 1. The molecule has 0 bridgehead atoms. The molecule has 1 aromatic heterocycles. The SMILES string of the molecule is N=C(c1ccc(C2=NOC(CNC(=O)c3ccc(Cl)s3)C2)cc1)N1CCCCC1. The van der Waals surface area contributed by atoms with Crippen LogP contribution in [0.2, 0.25) is 4.34 Å². The van der Waals surface area contributed by atoms with Gasteiger partial charge >= 0.3 is 0 Å². The third kappa shape index (κ3) is 4.79. The maximum atomic E-state index is 12.1. The van der Waals surface area contributed by atoms with Gasteiger partial charge in [0.15, 0.2) is 0 Å². The summed E-state index contributed by atoms with van der Waals surface area (Å²) in [6.45, 7) is 2.32. The molecule has 1 aromatic carbocycles. The Hall–Kier alpha value is -2.38. The van der Waals surface area contributed by atoms with E-state index in [2.05, 4.69) is 15.4 Å². The second-order valence-electron chi connectivity index (χ2n) is 7.26. The molecule has 0 radical (unpaired) electrons. The minimum Gasteiger partial charge on any atom is -0.390 e. The van der Waals surface area contributed by atoms with E-state index in [-0.39, 0.29) is 12.0 Å². The van der Waals surface area contributed by atoms with Gasteiger partial charge in [0.05, 0.1) is 21.5 Å². The number of nitrogens with zero attached hydrogens (tertiary/aromatic N) is 2. The van der Waals surface area contributed by atoms with Crippen LogP contribution in [-0.4, -0.2) is 48.1 Å². The number of hydrogen-bond acceptors (Lipinski definition) is 5. The highest BCUT2D eigenvalue weighted by molar-refractivity contribution is 7.18. The fourth-order valence-corrected chi connectivity index (χ4v) is 4.52. The first-order chi connectivity index (χ1) is 14.1. The van der Waals surface area contributed by atoms with E-state index in [0.717, 1.165) is 42.8 Å². The molecule has 1 fully saturated rings. The van der Waals surface area contributed by atoms with Crippen molar-refractivity contribution in [2.24, 2.45) is 5.16 Å². The number of piperidine rings is 1. The molecular formula is C21H23ClN4O2S. The summed E-state index contributed by atoms with van der Waals surface area (Å²) in [6.07, 6.45) is 4.02. The molecule has 152 valence electrons. The van der Waals surface area contributed by atoms with Gasteiger partial charge in [-0.1, -0.05) is 41.0 Å². The number of amidine groups is 1. The van der Waals surface area contributed by atoms with Gasteiger partial charge in [0, 0.05) is 25.1 Å². The first-order valence-corrected chi connectivity index (χ1v) is 11.0. The van der Waals surface area contributed by atoms with Crippen LogP contribution in [0.1, 0.15) is 46.5 Å². The Morgan fingerprint density at radius 1 is 1.21 bits per heavy atom. The van der Waals surface area contributed by atoms with E-state index in [1.807, 2.05) is 24.3 Å². The van der Waals surface area contributed by atoms with Crippen molar-refractivity contribution < 1.29 is 9.63 Å². The molecule has 1 unspecified atom stereocenters. The summed E-state index contributed by atoms with van der Waals surface area (Å²) in [7, 11) is 0. The van der Waals surface area contributed by atoms with Crippen LogP contribution in [0.3, 0.4) is 0 Å². The smallest absolute Gasteiger partial charge is 0.261 e. The summed E-state index contributed by atoms with van der Waals surface area (Å²) < 4.78 is 0.592. The van der Waals surface area contributed by atoms with Gasteiger partial charge in [-0.25, -0.2) is 0 Å². The average molecular weight is 431 g/mol. The summed E-state index contributed by atoms with van der Waals surface area (Å²) in [5.74, 6) is 0.439. The molecule has 0 spiro atoms. The van der Waals surface area contributed by atoms with E-state index in [0.29, 0.717) is 28.0 Å². The third-order valence-corrected chi connectivity index (χ3v) is 6.41. The second kappa shape index (κ2) is 8.97. The summed E-state index contributed by atoms with van der Waals surface area (Å²) in [5, 5.41) is 15.5. The summed E-state index contributed by atoms with van der Waals surface area (Å²) in [5.41, 5.74) is 2.77. The van der Waals surface area contributed by atoms with Crippen molar-refractivity contribution in [1.82, 2.24) is 10.2 Å². The van der Waals surface area contributed by atoms with Crippen molar-refractivity contribution in [3.63, 3.8) is 0 Å². The maximum Gasteiger partial charge on any atom is 0.261 e. The highest BCUT2D eigenvalue weighted by Gasteiger charge is 2.23. The number of amides is 1. The van der Waals surface area contributed by atoms with Gasteiger partial charge in [0.25, 0.3) is 5.91 Å². The number of carbonyl (C=O) groups is 1. The van der Waals surface area contributed by atoms with Gasteiger partial charge < -0.3 is 15.1 Å². The minimum absolute atomic E-state index is 0.153. The van der Waals surface area contributed by atoms with Gasteiger partial charge in [-0.15, -0.1) is 11.3 Å². The zero-order valence-electron chi connectivity index (χ0n) is 16.0. The Labute approximate surface area is 179 Å². The topological polar surface area (TPSA) is 77.8 Å². The number of rotatable bonds is 5. The van der Waals surface area contributed by atoms with Crippen molar-refractivity contribution in [3.8, 4) is 0 Å². The molecule has 2 aromatic rings. The van der Waals surface area contributed by atoms with E-state index in [1.54, 1.807) is 12.1 Å². The molecule has 3 heterocycles. The zero-order chi connectivity index (χ0) is 20.2. The Bertz CT molecular complexity index is 919. The van der Waals surface area contributed by atoms with Crippen LogP contribution < -0.4 is 5.32 Å². The molecule has 1 amide bonds. The molecule has 8 heteroatoms. The number of thiophene rings is 1. The number of halogens is 1. The van der Waals surface area contributed by atoms with Crippen LogP contribution in [0.4, 0.5) is 0 Å². The first-order valence-electron chi connectivity index (χ1n) is 9.80. The van der Waals surface area contributed by atoms with Crippen molar-refractivity contribution >= 4 is 40.4 Å². The van der Waals surface area contributed by atoms with Crippen LogP contribution in [0, 0.1) is 5.41 Å². The molecule has 0 saturated carbocycles. The first kappa shape index (κ1) is 19.9. The maximum absolute atomic E-state index is 12.1. The number of nitrogens with one attached hydrogen (secondary N) is 2. The van der Waals surface area contributed by atoms with Crippen molar-refractivity contribution in [2.75, 3.05) is 19.6 Å². The van der Waals surface area contributed by atoms with Gasteiger partial charge in [0.2, 0.25) is 0 Å². The molecule has 2 N–H and O–H groups in total. The van der Waals surface area contributed by atoms with Crippen LogP contribution in [-0.2, 0) is 4.84 Å². The standard InChI is InChI=1S/C21H23ClN4O2S/c22-19-9-8-18(29-19)21(27)24-13-16-12-17(25-28-16)14-4-6-15(7-5-14)20(23)26-10-2-1-3-11-26/h4-9,16,23H,1-3,10-13H2,(H,24,27). The third-order valence-electron chi connectivity index (χ3n) is 5.18. The van der Waals surface area contributed by atoms with Gasteiger partial charge in [-0.05, 0) is 37.0 Å². The van der Waals surface area contributed by atoms with Crippen molar-refractivity contribution in [2.45, 2.75) is 31.8 Å². The number of hydrogen-bond donors (Lipinski definition) is 2. The number of likely N-dealkylation sites (tertiary alicyclic amines) is 1.